The predicted molar refractivity (Wildman–Crippen MR) is 80.2 cm³/mol. The van der Waals surface area contributed by atoms with Crippen LogP contribution in [0.1, 0.15) is 10.4 Å². The number of nitrogens with zero attached hydrogens (tertiary/aromatic N) is 2. The van der Waals surface area contributed by atoms with Gasteiger partial charge in [-0.25, -0.2) is 4.79 Å². The molecule has 0 saturated carbocycles. The SMILES string of the molecule is N#C/C(=C/Nc1ccc(C(=O)O)cc1)C(=O)N1CCNCC1. The lowest BCUT2D eigenvalue weighted by Crippen LogP contribution is -2.46. The molecule has 1 heterocycles. The molecule has 1 saturated heterocycles. The van der Waals surface area contributed by atoms with E-state index in [-0.39, 0.29) is 17.0 Å². The number of carboxylic acid groups (broad SMARTS) is 1. The van der Waals surface area contributed by atoms with Crippen LogP contribution in [0.5, 0.6) is 0 Å². The van der Waals surface area contributed by atoms with Crippen LogP contribution in [-0.4, -0.2) is 48.1 Å². The third kappa shape index (κ3) is 3.84. The van der Waals surface area contributed by atoms with E-state index in [1.54, 1.807) is 17.0 Å². The number of hydrogen-bond donors (Lipinski definition) is 3. The van der Waals surface area contributed by atoms with Gasteiger partial charge in [0.25, 0.3) is 5.91 Å². The molecule has 0 unspecified atom stereocenters. The number of hydrogen-bond acceptors (Lipinski definition) is 5. The third-order valence-corrected chi connectivity index (χ3v) is 3.27. The number of nitriles is 1. The van der Waals surface area contributed by atoms with E-state index in [4.69, 9.17) is 10.4 Å². The Morgan fingerprint density at radius 3 is 2.45 bits per heavy atom. The maximum atomic E-state index is 12.2. The maximum Gasteiger partial charge on any atom is 0.335 e. The van der Waals surface area contributed by atoms with Gasteiger partial charge in [0.15, 0.2) is 0 Å². The van der Waals surface area contributed by atoms with Crippen LogP contribution in [0, 0.1) is 11.3 Å². The van der Waals surface area contributed by atoms with Crippen molar-refractivity contribution in [2.45, 2.75) is 0 Å². The topological polar surface area (TPSA) is 105 Å². The molecule has 1 aliphatic heterocycles. The van der Waals surface area contributed by atoms with Gasteiger partial charge in [0, 0.05) is 38.1 Å². The smallest absolute Gasteiger partial charge is 0.335 e. The van der Waals surface area contributed by atoms with Crippen molar-refractivity contribution in [3.63, 3.8) is 0 Å². The molecule has 0 aromatic heterocycles. The summed E-state index contributed by atoms with van der Waals surface area (Å²) in [6.07, 6.45) is 1.35. The second kappa shape index (κ2) is 7.24. The summed E-state index contributed by atoms with van der Waals surface area (Å²) in [6, 6.07) is 7.93. The molecule has 1 aliphatic rings. The van der Waals surface area contributed by atoms with Gasteiger partial charge in [-0.2, -0.15) is 5.26 Å². The minimum atomic E-state index is -1.01. The van der Waals surface area contributed by atoms with E-state index < -0.39 is 5.97 Å². The lowest BCUT2D eigenvalue weighted by molar-refractivity contribution is -0.127. The summed E-state index contributed by atoms with van der Waals surface area (Å²) in [6.45, 7) is 2.58. The van der Waals surface area contributed by atoms with E-state index in [1.807, 2.05) is 6.07 Å². The number of benzene rings is 1. The Balaban J connectivity index is 2.04. The number of carbonyl (C=O) groups excluding carboxylic acids is 1. The largest absolute Gasteiger partial charge is 0.478 e. The van der Waals surface area contributed by atoms with Gasteiger partial charge >= 0.3 is 5.97 Å². The Bertz CT molecular complexity index is 625. The first kappa shape index (κ1) is 15.5. The van der Waals surface area contributed by atoms with Crippen LogP contribution in [0.25, 0.3) is 0 Å². The van der Waals surface area contributed by atoms with Crippen molar-refractivity contribution in [2.75, 3.05) is 31.5 Å². The number of aromatic carboxylic acids is 1. The van der Waals surface area contributed by atoms with E-state index in [0.717, 1.165) is 0 Å². The molecule has 0 bridgehead atoms. The monoisotopic (exact) mass is 300 g/mol. The molecule has 1 aromatic rings. The Kier molecular flexibility index (Phi) is 5.11. The third-order valence-electron chi connectivity index (χ3n) is 3.27. The van der Waals surface area contributed by atoms with Gasteiger partial charge in [0.1, 0.15) is 11.6 Å². The van der Waals surface area contributed by atoms with E-state index in [1.165, 1.54) is 18.3 Å². The van der Waals surface area contributed by atoms with Crippen molar-refractivity contribution in [3.8, 4) is 6.07 Å². The Morgan fingerprint density at radius 1 is 1.27 bits per heavy atom. The maximum absolute atomic E-state index is 12.2. The molecule has 3 N–H and O–H groups in total. The van der Waals surface area contributed by atoms with E-state index in [9.17, 15) is 9.59 Å². The lowest BCUT2D eigenvalue weighted by atomic mass is 10.2. The van der Waals surface area contributed by atoms with Crippen LogP contribution in [-0.2, 0) is 4.79 Å². The van der Waals surface area contributed by atoms with Crippen LogP contribution >= 0.6 is 0 Å². The fourth-order valence-corrected chi connectivity index (χ4v) is 2.04. The minimum absolute atomic E-state index is 0.0178. The van der Waals surface area contributed by atoms with Crippen molar-refractivity contribution in [3.05, 3.63) is 41.6 Å². The second-order valence-electron chi connectivity index (χ2n) is 4.74. The van der Waals surface area contributed by atoms with Crippen LogP contribution in [0.3, 0.4) is 0 Å². The molecule has 1 aromatic carbocycles. The number of carboxylic acids is 1. The van der Waals surface area contributed by atoms with Gasteiger partial charge in [-0.3, -0.25) is 4.79 Å². The molecule has 0 atom stereocenters. The molecule has 22 heavy (non-hydrogen) atoms. The molecule has 1 fully saturated rings. The molecule has 114 valence electrons. The Labute approximate surface area is 127 Å². The first-order valence-electron chi connectivity index (χ1n) is 6.82. The first-order valence-corrected chi connectivity index (χ1v) is 6.82. The lowest BCUT2D eigenvalue weighted by Gasteiger charge is -2.27. The van der Waals surface area contributed by atoms with E-state index in [0.29, 0.717) is 31.9 Å². The zero-order valence-corrected chi connectivity index (χ0v) is 11.9. The summed E-state index contributed by atoms with van der Waals surface area (Å²) in [5.41, 5.74) is 0.794. The van der Waals surface area contributed by atoms with Crippen LogP contribution in [0.2, 0.25) is 0 Å². The van der Waals surface area contributed by atoms with Gasteiger partial charge in [-0.15, -0.1) is 0 Å². The normalized spacial score (nSPS) is 15.0. The summed E-state index contributed by atoms with van der Waals surface area (Å²) in [5, 5.41) is 23.9. The summed E-state index contributed by atoms with van der Waals surface area (Å²) in [4.78, 5) is 24.6. The predicted octanol–water partition coefficient (Wildman–Crippen LogP) is 0.636. The quantitative estimate of drug-likeness (QED) is 0.556. The number of nitrogens with one attached hydrogen (secondary N) is 2. The Hall–Kier alpha value is -2.85. The fraction of sp³-hybridized carbons (Fsp3) is 0.267. The van der Waals surface area contributed by atoms with Gasteiger partial charge in [-0.05, 0) is 24.3 Å². The molecule has 7 heteroatoms. The van der Waals surface area contributed by atoms with Crippen LogP contribution in [0.15, 0.2) is 36.0 Å². The molecular formula is C15H16N4O3. The van der Waals surface area contributed by atoms with Crippen molar-refractivity contribution in [2.24, 2.45) is 0 Å². The van der Waals surface area contributed by atoms with Crippen molar-refractivity contribution in [1.82, 2.24) is 10.2 Å². The number of anilines is 1. The van der Waals surface area contributed by atoms with Gasteiger partial charge in [0.05, 0.1) is 5.56 Å². The van der Waals surface area contributed by atoms with E-state index in [2.05, 4.69) is 10.6 Å². The molecule has 2 rings (SSSR count). The average Bonchev–Trinajstić information content (AvgIpc) is 2.56. The molecular weight excluding hydrogens is 284 g/mol. The summed E-state index contributed by atoms with van der Waals surface area (Å²) in [7, 11) is 0. The van der Waals surface area contributed by atoms with Crippen LogP contribution in [0.4, 0.5) is 5.69 Å². The number of amides is 1. The van der Waals surface area contributed by atoms with Gasteiger partial charge in [0.2, 0.25) is 0 Å². The Morgan fingerprint density at radius 2 is 1.91 bits per heavy atom. The highest BCUT2D eigenvalue weighted by atomic mass is 16.4. The van der Waals surface area contributed by atoms with Crippen molar-refractivity contribution < 1.29 is 14.7 Å². The number of rotatable bonds is 4. The highest BCUT2D eigenvalue weighted by Crippen LogP contribution is 2.11. The molecule has 0 aliphatic carbocycles. The highest BCUT2D eigenvalue weighted by Gasteiger charge is 2.19. The number of carbonyl (C=O) groups is 2. The highest BCUT2D eigenvalue weighted by molar-refractivity contribution is 5.97. The zero-order valence-electron chi connectivity index (χ0n) is 11.9. The molecule has 0 radical (unpaired) electrons. The molecule has 7 nitrogen and oxygen atoms in total. The molecule has 1 amide bonds. The first-order chi connectivity index (χ1) is 10.6. The van der Waals surface area contributed by atoms with Crippen molar-refractivity contribution >= 4 is 17.6 Å². The van der Waals surface area contributed by atoms with Gasteiger partial charge in [-0.1, -0.05) is 0 Å². The number of piperazine rings is 1. The second-order valence-corrected chi connectivity index (χ2v) is 4.74. The minimum Gasteiger partial charge on any atom is -0.478 e. The fourth-order valence-electron chi connectivity index (χ4n) is 2.04. The standard InChI is InChI=1S/C15H16N4O3/c16-9-12(14(20)19-7-5-17-6-8-19)10-18-13-3-1-11(2-4-13)15(21)22/h1-4,10,17-18H,5-8H2,(H,21,22)/b12-10-. The zero-order chi connectivity index (χ0) is 15.9. The summed E-state index contributed by atoms with van der Waals surface area (Å²) in [5.74, 6) is -1.31. The summed E-state index contributed by atoms with van der Waals surface area (Å²) < 4.78 is 0. The summed E-state index contributed by atoms with van der Waals surface area (Å²) >= 11 is 0. The van der Waals surface area contributed by atoms with E-state index >= 15 is 0 Å². The van der Waals surface area contributed by atoms with Crippen LogP contribution < -0.4 is 10.6 Å². The van der Waals surface area contributed by atoms with Crippen molar-refractivity contribution in [1.29, 1.82) is 5.26 Å². The molecule has 0 spiro atoms. The average molecular weight is 300 g/mol. The van der Waals surface area contributed by atoms with Gasteiger partial charge < -0.3 is 20.6 Å².